The van der Waals surface area contributed by atoms with E-state index < -0.39 is 13.7 Å². The highest BCUT2D eigenvalue weighted by Gasteiger charge is 2.42. The van der Waals surface area contributed by atoms with Gasteiger partial charge < -0.3 is 14.2 Å². The van der Waals surface area contributed by atoms with Gasteiger partial charge in [-0.25, -0.2) is 0 Å². The van der Waals surface area contributed by atoms with Gasteiger partial charge in [-0.05, 0) is 66.7 Å². The predicted octanol–water partition coefficient (Wildman–Crippen LogP) is 6.81. The molecule has 2 saturated carbocycles. The van der Waals surface area contributed by atoms with Crippen LogP contribution in [0.4, 0.5) is 0 Å². The molecule has 0 heterocycles. The highest BCUT2D eigenvalue weighted by atomic mass is 31.2. The summed E-state index contributed by atoms with van der Waals surface area (Å²) in [7, 11) is -3.59. The van der Waals surface area contributed by atoms with Crippen molar-refractivity contribution >= 4 is 7.60 Å². The van der Waals surface area contributed by atoms with Crippen LogP contribution in [0, 0.1) is 35.5 Å². The molecule has 2 rings (SSSR count). The van der Waals surface area contributed by atoms with Gasteiger partial charge in [0.1, 0.15) is 0 Å². The van der Waals surface area contributed by atoms with Crippen molar-refractivity contribution in [1.29, 1.82) is 0 Å². The van der Waals surface area contributed by atoms with Gasteiger partial charge in [0, 0.05) is 4.91 Å². The van der Waals surface area contributed by atoms with E-state index in [-0.39, 0.29) is 24.9 Å². The summed E-state index contributed by atoms with van der Waals surface area (Å²) >= 11 is 0. The van der Waals surface area contributed by atoms with Crippen molar-refractivity contribution in [3.63, 3.8) is 0 Å². The van der Waals surface area contributed by atoms with Crippen LogP contribution in [0.3, 0.4) is 0 Å². The maximum absolute atomic E-state index is 14.1. The second kappa shape index (κ2) is 12.0. The van der Waals surface area contributed by atoms with E-state index in [9.17, 15) is 9.67 Å². The van der Waals surface area contributed by atoms with Gasteiger partial charge in [0.25, 0.3) is 0 Å². The van der Waals surface area contributed by atoms with Crippen molar-refractivity contribution < 1.29 is 18.7 Å². The lowest BCUT2D eigenvalue weighted by Crippen LogP contribution is -2.37. The molecule has 0 aliphatic heterocycles. The number of nitrogens with zero attached hydrogens (tertiary/aromatic N) is 3. The van der Waals surface area contributed by atoms with Gasteiger partial charge >= 0.3 is 7.60 Å². The molecule has 2 aliphatic rings. The summed E-state index contributed by atoms with van der Waals surface area (Å²) in [4.78, 5) is 2.72. The molecule has 0 radical (unpaired) electrons. The molecule has 0 spiro atoms. The summed E-state index contributed by atoms with van der Waals surface area (Å²) < 4.78 is 26.9. The molecule has 2 fully saturated rings. The summed E-state index contributed by atoms with van der Waals surface area (Å²) in [5.74, 6) is 2.54. The van der Waals surface area contributed by atoms with Gasteiger partial charge in [-0.3, -0.25) is 4.57 Å². The van der Waals surface area contributed by atoms with Crippen LogP contribution >= 0.6 is 7.60 Å². The molecule has 2 aliphatic carbocycles. The van der Waals surface area contributed by atoms with E-state index in [0.29, 0.717) is 35.5 Å². The molecule has 0 amide bonds. The predicted molar refractivity (Wildman–Crippen MR) is 125 cm³/mol. The Morgan fingerprint density at radius 2 is 1.42 bits per heavy atom. The molecule has 7 nitrogen and oxygen atoms in total. The zero-order valence-corrected chi connectivity index (χ0v) is 21.2. The van der Waals surface area contributed by atoms with Crippen molar-refractivity contribution in [2.75, 3.05) is 12.7 Å². The summed E-state index contributed by atoms with van der Waals surface area (Å²) in [5, 5.41) is 13.9. The Hall–Kier alpha value is -0.580. The molecule has 1 N–H and O–H groups in total. The van der Waals surface area contributed by atoms with Crippen molar-refractivity contribution in [3.8, 4) is 0 Å². The SMILES string of the molecule is CC1CCC(C(C)C)C(OP(=O)(CC(O)CN=[N+]=[N-])OC2CC(C)CCC2C(C)C)C1. The monoisotopic (exact) mass is 457 g/mol. The van der Waals surface area contributed by atoms with E-state index in [1.54, 1.807) is 0 Å². The number of aliphatic hydroxyl groups excluding tert-OH is 1. The van der Waals surface area contributed by atoms with Gasteiger partial charge in [-0.2, -0.15) is 0 Å². The van der Waals surface area contributed by atoms with E-state index >= 15 is 0 Å². The molecule has 180 valence electrons. The lowest BCUT2D eigenvalue weighted by atomic mass is 9.75. The second-order valence-corrected chi connectivity index (χ2v) is 12.8. The molecule has 0 aromatic rings. The highest BCUT2D eigenvalue weighted by molar-refractivity contribution is 7.53. The van der Waals surface area contributed by atoms with Crippen LogP contribution in [-0.4, -0.2) is 36.1 Å². The molecule has 0 aromatic heterocycles. The van der Waals surface area contributed by atoms with Crippen LogP contribution in [0.5, 0.6) is 0 Å². The molecule has 0 aromatic carbocycles. The Morgan fingerprint density at radius 3 is 1.81 bits per heavy atom. The normalized spacial score (nSPS) is 34.9. The Labute approximate surface area is 188 Å². The highest BCUT2D eigenvalue weighted by Crippen LogP contribution is 2.56. The smallest absolute Gasteiger partial charge is 0.333 e. The summed E-state index contributed by atoms with van der Waals surface area (Å²) in [5.41, 5.74) is 8.60. The lowest BCUT2D eigenvalue weighted by Gasteiger charge is -2.42. The quantitative estimate of drug-likeness (QED) is 0.168. The first kappa shape index (κ1) is 26.7. The van der Waals surface area contributed by atoms with E-state index in [4.69, 9.17) is 14.6 Å². The third kappa shape index (κ3) is 8.05. The fourth-order valence-electron chi connectivity index (χ4n) is 5.44. The van der Waals surface area contributed by atoms with E-state index in [2.05, 4.69) is 51.6 Å². The number of hydrogen-bond donors (Lipinski definition) is 1. The fourth-order valence-corrected chi connectivity index (χ4v) is 7.61. The lowest BCUT2D eigenvalue weighted by molar-refractivity contribution is -0.00558. The van der Waals surface area contributed by atoms with Crippen LogP contribution in [0.25, 0.3) is 10.4 Å². The van der Waals surface area contributed by atoms with Crippen LogP contribution in [0.2, 0.25) is 0 Å². The summed E-state index contributed by atoms with van der Waals surface area (Å²) in [6.07, 6.45) is 4.69. The van der Waals surface area contributed by atoms with Gasteiger partial charge in [-0.15, -0.1) is 0 Å². The standard InChI is InChI=1S/C23H44N3O4P/c1-15(2)20-9-7-17(5)11-22(20)29-31(28,14-19(27)13-25-26-24)30-23-12-18(6)8-10-21(23)16(3)4/h15-23,27H,7-14H2,1-6H3. The van der Waals surface area contributed by atoms with Crippen molar-refractivity contribution in [1.82, 2.24) is 0 Å². The van der Waals surface area contributed by atoms with Crippen molar-refractivity contribution in [3.05, 3.63) is 10.4 Å². The molecule has 7 unspecified atom stereocenters. The fraction of sp³-hybridized carbons (Fsp3) is 1.00. The Kier molecular flexibility index (Phi) is 10.4. The third-order valence-corrected chi connectivity index (χ3v) is 9.36. The first-order chi connectivity index (χ1) is 14.5. The average Bonchev–Trinajstić information content (AvgIpc) is 2.65. The average molecular weight is 458 g/mol. The van der Waals surface area contributed by atoms with Crippen LogP contribution in [0.15, 0.2) is 5.11 Å². The molecular formula is C23H44N3O4P. The van der Waals surface area contributed by atoms with E-state index in [1.807, 2.05) is 0 Å². The molecule has 0 saturated heterocycles. The Balaban J connectivity index is 2.26. The number of azide groups is 1. The first-order valence-corrected chi connectivity index (χ1v) is 13.9. The molecule has 7 atom stereocenters. The zero-order chi connectivity index (χ0) is 23.2. The van der Waals surface area contributed by atoms with Crippen LogP contribution in [-0.2, 0) is 13.6 Å². The minimum Gasteiger partial charge on any atom is -0.392 e. The maximum Gasteiger partial charge on any atom is 0.333 e. The van der Waals surface area contributed by atoms with Crippen molar-refractivity contribution in [2.24, 2.45) is 40.6 Å². The van der Waals surface area contributed by atoms with Crippen LogP contribution < -0.4 is 0 Å². The number of rotatable bonds is 10. The molecular weight excluding hydrogens is 413 g/mol. The second-order valence-electron chi connectivity index (χ2n) is 10.8. The molecule has 31 heavy (non-hydrogen) atoms. The van der Waals surface area contributed by atoms with Gasteiger partial charge in [-0.1, -0.05) is 59.5 Å². The maximum atomic E-state index is 14.1. The number of hydrogen-bond acceptors (Lipinski definition) is 5. The summed E-state index contributed by atoms with van der Waals surface area (Å²) in [6, 6.07) is 0. The minimum absolute atomic E-state index is 0.128. The Bertz CT molecular complexity index is 615. The minimum atomic E-state index is -3.59. The zero-order valence-electron chi connectivity index (χ0n) is 20.3. The van der Waals surface area contributed by atoms with Gasteiger partial charge in [0.2, 0.25) is 0 Å². The third-order valence-electron chi connectivity index (χ3n) is 7.30. The van der Waals surface area contributed by atoms with E-state index in [0.717, 1.165) is 38.5 Å². The topological polar surface area (TPSA) is 105 Å². The molecule has 0 bridgehead atoms. The number of aliphatic hydroxyl groups is 1. The Morgan fingerprint density at radius 1 is 0.968 bits per heavy atom. The molecule has 8 heteroatoms. The van der Waals surface area contributed by atoms with Crippen molar-refractivity contribution in [2.45, 2.75) is 98.4 Å². The van der Waals surface area contributed by atoms with E-state index in [1.165, 1.54) is 0 Å². The van der Waals surface area contributed by atoms with Crippen LogP contribution in [0.1, 0.15) is 80.1 Å². The van der Waals surface area contributed by atoms with Gasteiger partial charge in [0.15, 0.2) is 0 Å². The van der Waals surface area contributed by atoms with Gasteiger partial charge in [0.05, 0.1) is 31.0 Å². The largest absolute Gasteiger partial charge is 0.392 e. The first-order valence-electron chi connectivity index (χ1n) is 12.2. The summed E-state index contributed by atoms with van der Waals surface area (Å²) in [6.45, 7) is 13.1.